The normalized spacial score (nSPS) is 19.5. The molecule has 2 N–H and O–H groups in total. The van der Waals surface area contributed by atoms with Crippen molar-refractivity contribution in [1.82, 2.24) is 25.5 Å². The molecule has 0 spiro atoms. The number of H-pyrrole nitrogens is 1. The van der Waals surface area contributed by atoms with Crippen molar-refractivity contribution in [3.8, 4) is 0 Å². The number of hydrogen-bond donors (Lipinski definition) is 2. The number of nitrogens with zero attached hydrogens (tertiary/aromatic N) is 4. The first-order valence-corrected chi connectivity index (χ1v) is 7.98. The summed E-state index contributed by atoms with van der Waals surface area (Å²) in [7, 11) is 0. The Bertz CT molecular complexity index is 671. The maximum Gasteiger partial charge on any atom is 0.223 e. The Hall–Kier alpha value is -2.18. The molecule has 3 heterocycles. The topological polar surface area (TPSA) is 86.8 Å². The van der Waals surface area contributed by atoms with Gasteiger partial charge in [-0.3, -0.25) is 9.89 Å². The second-order valence-corrected chi connectivity index (χ2v) is 6.28. The average molecular weight is 300 g/mol. The lowest BCUT2D eigenvalue weighted by molar-refractivity contribution is -0.122. The summed E-state index contributed by atoms with van der Waals surface area (Å²) in [6.45, 7) is 2.73. The van der Waals surface area contributed by atoms with Gasteiger partial charge in [-0.05, 0) is 31.6 Å². The Labute approximate surface area is 128 Å². The SMILES string of the molecule is O=C(NCC1CCN(c2ncnc3[nH]ncc23)CC1)C1CC1. The summed E-state index contributed by atoms with van der Waals surface area (Å²) in [5.41, 5.74) is 0.781. The van der Waals surface area contributed by atoms with E-state index < -0.39 is 0 Å². The third-order valence-corrected chi connectivity index (χ3v) is 4.65. The maximum atomic E-state index is 11.7. The van der Waals surface area contributed by atoms with Crippen LogP contribution < -0.4 is 10.2 Å². The van der Waals surface area contributed by atoms with E-state index in [-0.39, 0.29) is 5.91 Å². The molecule has 2 fully saturated rings. The second kappa shape index (κ2) is 5.55. The summed E-state index contributed by atoms with van der Waals surface area (Å²) in [5.74, 6) is 2.08. The summed E-state index contributed by atoms with van der Waals surface area (Å²) in [4.78, 5) is 22.6. The highest BCUT2D eigenvalue weighted by atomic mass is 16.2. The number of nitrogens with one attached hydrogen (secondary N) is 2. The number of aromatic nitrogens is 4. The Kier molecular flexibility index (Phi) is 3.40. The van der Waals surface area contributed by atoms with Gasteiger partial charge in [0.05, 0.1) is 11.6 Å². The summed E-state index contributed by atoms with van der Waals surface area (Å²) in [6.07, 6.45) is 7.66. The molecule has 2 aromatic rings. The molecule has 116 valence electrons. The fourth-order valence-corrected chi connectivity index (χ4v) is 3.09. The minimum absolute atomic E-state index is 0.248. The number of aromatic amines is 1. The van der Waals surface area contributed by atoms with Crippen LogP contribution >= 0.6 is 0 Å². The molecule has 7 heteroatoms. The van der Waals surface area contributed by atoms with Crippen LogP contribution in [0.3, 0.4) is 0 Å². The van der Waals surface area contributed by atoms with Gasteiger partial charge in [-0.2, -0.15) is 5.10 Å². The molecule has 0 bridgehead atoms. The number of amides is 1. The lowest BCUT2D eigenvalue weighted by atomic mass is 9.96. The predicted octanol–water partition coefficient (Wildman–Crippen LogP) is 1.10. The van der Waals surface area contributed by atoms with Gasteiger partial charge in [0.2, 0.25) is 5.91 Å². The summed E-state index contributed by atoms with van der Waals surface area (Å²) >= 11 is 0. The molecule has 1 saturated carbocycles. The van der Waals surface area contributed by atoms with Crippen LogP contribution in [0, 0.1) is 11.8 Å². The van der Waals surface area contributed by atoms with Crippen LogP contribution in [0.5, 0.6) is 0 Å². The minimum Gasteiger partial charge on any atom is -0.356 e. The molecule has 2 aromatic heterocycles. The van der Waals surface area contributed by atoms with E-state index in [0.29, 0.717) is 11.8 Å². The number of carbonyl (C=O) groups excluding carboxylic acids is 1. The van der Waals surface area contributed by atoms with E-state index >= 15 is 0 Å². The van der Waals surface area contributed by atoms with Crippen molar-refractivity contribution < 1.29 is 4.79 Å². The molecule has 1 aliphatic heterocycles. The standard InChI is InChI=1S/C15H20N6O/c22-15(11-1-2-11)16-7-10-3-5-21(6-4-10)14-12-8-19-20-13(12)17-9-18-14/h8-11H,1-7H2,(H,16,22)(H,17,18,19,20). The van der Waals surface area contributed by atoms with Crippen molar-refractivity contribution in [3.63, 3.8) is 0 Å². The van der Waals surface area contributed by atoms with Crippen LogP contribution in [-0.2, 0) is 4.79 Å². The smallest absolute Gasteiger partial charge is 0.223 e. The zero-order valence-electron chi connectivity index (χ0n) is 12.5. The lowest BCUT2D eigenvalue weighted by Gasteiger charge is -2.33. The number of piperidine rings is 1. The van der Waals surface area contributed by atoms with Gasteiger partial charge in [-0.1, -0.05) is 0 Å². The average Bonchev–Trinajstić information content (AvgIpc) is 3.30. The van der Waals surface area contributed by atoms with Gasteiger partial charge in [0.25, 0.3) is 0 Å². The highest BCUT2D eigenvalue weighted by Gasteiger charge is 2.30. The number of rotatable bonds is 4. The van der Waals surface area contributed by atoms with E-state index in [1.165, 1.54) is 0 Å². The zero-order valence-corrected chi connectivity index (χ0v) is 12.5. The molecule has 1 saturated heterocycles. The van der Waals surface area contributed by atoms with Gasteiger partial charge in [0.1, 0.15) is 12.1 Å². The van der Waals surface area contributed by atoms with E-state index in [2.05, 4.69) is 30.4 Å². The van der Waals surface area contributed by atoms with Gasteiger partial charge in [0, 0.05) is 25.6 Å². The second-order valence-electron chi connectivity index (χ2n) is 6.28. The largest absolute Gasteiger partial charge is 0.356 e. The Morgan fingerprint density at radius 1 is 1.27 bits per heavy atom. The first kappa shape index (κ1) is 13.5. The number of hydrogen-bond acceptors (Lipinski definition) is 5. The van der Waals surface area contributed by atoms with E-state index in [0.717, 1.165) is 62.2 Å². The third kappa shape index (κ3) is 2.63. The molecule has 4 rings (SSSR count). The van der Waals surface area contributed by atoms with E-state index in [1.807, 2.05) is 0 Å². The number of anilines is 1. The molecule has 0 unspecified atom stereocenters. The van der Waals surface area contributed by atoms with E-state index in [9.17, 15) is 4.79 Å². The van der Waals surface area contributed by atoms with Gasteiger partial charge in [-0.25, -0.2) is 9.97 Å². The molecule has 7 nitrogen and oxygen atoms in total. The van der Waals surface area contributed by atoms with Crippen LogP contribution in [0.1, 0.15) is 25.7 Å². The summed E-state index contributed by atoms with van der Waals surface area (Å²) in [5, 5.41) is 11.0. The fourth-order valence-electron chi connectivity index (χ4n) is 3.09. The molecule has 2 aliphatic rings. The van der Waals surface area contributed by atoms with Crippen LogP contribution in [0.25, 0.3) is 11.0 Å². The highest BCUT2D eigenvalue weighted by molar-refractivity contribution is 5.86. The van der Waals surface area contributed by atoms with E-state index in [1.54, 1.807) is 12.5 Å². The van der Waals surface area contributed by atoms with Crippen molar-refractivity contribution >= 4 is 22.8 Å². The van der Waals surface area contributed by atoms with Gasteiger partial charge >= 0.3 is 0 Å². The molecule has 1 aliphatic carbocycles. The van der Waals surface area contributed by atoms with Crippen molar-refractivity contribution in [2.75, 3.05) is 24.5 Å². The molecule has 1 amide bonds. The minimum atomic E-state index is 0.248. The van der Waals surface area contributed by atoms with Crippen molar-refractivity contribution in [2.24, 2.45) is 11.8 Å². The molecule has 0 radical (unpaired) electrons. The van der Waals surface area contributed by atoms with Gasteiger partial charge < -0.3 is 10.2 Å². The van der Waals surface area contributed by atoms with Crippen molar-refractivity contribution in [2.45, 2.75) is 25.7 Å². The lowest BCUT2D eigenvalue weighted by Crippen LogP contribution is -2.39. The fraction of sp³-hybridized carbons (Fsp3) is 0.600. The van der Waals surface area contributed by atoms with Crippen LogP contribution in [0.4, 0.5) is 5.82 Å². The first-order valence-electron chi connectivity index (χ1n) is 7.98. The van der Waals surface area contributed by atoms with Crippen LogP contribution in [0.2, 0.25) is 0 Å². The molecular weight excluding hydrogens is 280 g/mol. The maximum absolute atomic E-state index is 11.7. The zero-order chi connectivity index (χ0) is 14.9. The first-order chi connectivity index (χ1) is 10.8. The van der Waals surface area contributed by atoms with Crippen molar-refractivity contribution in [3.05, 3.63) is 12.5 Å². The van der Waals surface area contributed by atoms with Crippen LogP contribution in [-0.4, -0.2) is 45.7 Å². The molecule has 22 heavy (non-hydrogen) atoms. The van der Waals surface area contributed by atoms with Crippen molar-refractivity contribution in [1.29, 1.82) is 0 Å². The molecular formula is C15H20N6O. The van der Waals surface area contributed by atoms with Gasteiger partial charge in [-0.15, -0.1) is 0 Å². The monoisotopic (exact) mass is 300 g/mol. The van der Waals surface area contributed by atoms with Gasteiger partial charge in [0.15, 0.2) is 5.65 Å². The molecule has 0 aromatic carbocycles. The Morgan fingerprint density at radius 3 is 2.86 bits per heavy atom. The quantitative estimate of drug-likeness (QED) is 0.883. The number of fused-ring (bicyclic) bond motifs is 1. The summed E-state index contributed by atoms with van der Waals surface area (Å²) in [6, 6.07) is 0. The summed E-state index contributed by atoms with van der Waals surface area (Å²) < 4.78 is 0. The van der Waals surface area contributed by atoms with Crippen LogP contribution in [0.15, 0.2) is 12.5 Å². The third-order valence-electron chi connectivity index (χ3n) is 4.65. The number of carbonyl (C=O) groups is 1. The Morgan fingerprint density at radius 2 is 2.09 bits per heavy atom. The van der Waals surface area contributed by atoms with E-state index in [4.69, 9.17) is 0 Å². The Balaban J connectivity index is 1.35. The highest BCUT2D eigenvalue weighted by Crippen LogP contribution is 2.29. The predicted molar refractivity (Wildman–Crippen MR) is 82.4 cm³/mol. The molecule has 0 atom stereocenters.